The van der Waals surface area contributed by atoms with Gasteiger partial charge in [-0.3, -0.25) is 10.1 Å². The summed E-state index contributed by atoms with van der Waals surface area (Å²) in [5, 5.41) is 10.7. The van der Waals surface area contributed by atoms with Crippen LogP contribution < -0.4 is 4.74 Å². The number of rotatable bonds is 7. The van der Waals surface area contributed by atoms with Gasteiger partial charge < -0.3 is 14.2 Å². The normalized spacial score (nSPS) is 10.7. The highest BCUT2D eigenvalue weighted by atomic mass is 16.6. The van der Waals surface area contributed by atoms with E-state index in [1.54, 1.807) is 13.8 Å². The first-order valence-electron chi connectivity index (χ1n) is 6.45. The molecule has 0 aliphatic carbocycles. The maximum absolute atomic E-state index is 11.7. The van der Waals surface area contributed by atoms with E-state index in [2.05, 4.69) is 4.74 Å². The van der Waals surface area contributed by atoms with Crippen molar-refractivity contribution in [3.8, 4) is 5.75 Å². The molecule has 118 valence electrons. The van der Waals surface area contributed by atoms with Crippen LogP contribution >= 0.6 is 0 Å². The minimum atomic E-state index is -0.873. The minimum Gasteiger partial charge on any atom is -0.463 e. The quantitative estimate of drug-likeness (QED) is 0.249. The van der Waals surface area contributed by atoms with Gasteiger partial charge in [0.25, 0.3) is 5.69 Å². The average Bonchev–Trinajstić information content (AvgIpc) is 2.47. The standard InChI is InChI=1S/C14H15NO7/c1-3-20-13(16)9-12(14(17)21-4-2)22-11-7-5-6-10(8-11)15(18)19/h5-9H,3-4H2,1-2H3. The zero-order valence-electron chi connectivity index (χ0n) is 12.1. The molecule has 0 atom stereocenters. The second-order valence-electron chi connectivity index (χ2n) is 3.84. The van der Waals surface area contributed by atoms with E-state index < -0.39 is 22.6 Å². The number of carbonyl (C=O) groups excluding carboxylic acids is 2. The molecule has 0 N–H and O–H groups in total. The van der Waals surface area contributed by atoms with Crippen molar-refractivity contribution in [3.05, 3.63) is 46.2 Å². The number of nitro groups is 1. The molecule has 0 aliphatic rings. The molecule has 1 aromatic carbocycles. The summed E-state index contributed by atoms with van der Waals surface area (Å²) in [6.07, 6.45) is 0.834. The van der Waals surface area contributed by atoms with Gasteiger partial charge in [0.1, 0.15) is 5.75 Å². The van der Waals surface area contributed by atoms with Gasteiger partial charge in [0.2, 0.25) is 5.76 Å². The van der Waals surface area contributed by atoms with Crippen LogP contribution in [0, 0.1) is 10.1 Å². The maximum Gasteiger partial charge on any atom is 0.374 e. The Labute approximate surface area is 126 Å². The van der Waals surface area contributed by atoms with Crippen LogP contribution in [0.1, 0.15) is 13.8 Å². The highest BCUT2D eigenvalue weighted by Gasteiger charge is 2.17. The molecular weight excluding hydrogens is 294 g/mol. The number of non-ortho nitro benzene ring substituents is 1. The Kier molecular flexibility index (Phi) is 6.55. The molecule has 1 aromatic rings. The molecule has 0 radical (unpaired) electrons. The van der Waals surface area contributed by atoms with Gasteiger partial charge in [-0.1, -0.05) is 6.07 Å². The summed E-state index contributed by atoms with van der Waals surface area (Å²) in [7, 11) is 0. The smallest absolute Gasteiger partial charge is 0.374 e. The van der Waals surface area contributed by atoms with Gasteiger partial charge in [-0.25, -0.2) is 9.59 Å². The molecular formula is C14H15NO7. The van der Waals surface area contributed by atoms with Gasteiger partial charge in [-0.15, -0.1) is 0 Å². The van der Waals surface area contributed by atoms with E-state index in [1.165, 1.54) is 18.2 Å². The van der Waals surface area contributed by atoms with Crippen molar-refractivity contribution in [1.82, 2.24) is 0 Å². The second kappa shape index (κ2) is 8.40. The molecule has 0 fully saturated rings. The molecule has 0 unspecified atom stereocenters. The van der Waals surface area contributed by atoms with Crippen molar-refractivity contribution in [1.29, 1.82) is 0 Å². The molecule has 0 heterocycles. The van der Waals surface area contributed by atoms with Gasteiger partial charge in [0.15, 0.2) is 0 Å². The number of carbonyl (C=O) groups is 2. The highest BCUT2D eigenvalue weighted by molar-refractivity contribution is 5.95. The number of hydrogen-bond donors (Lipinski definition) is 0. The van der Waals surface area contributed by atoms with Crippen LogP contribution in [0.3, 0.4) is 0 Å². The molecule has 0 aromatic heterocycles. The van der Waals surface area contributed by atoms with E-state index in [1.807, 2.05) is 0 Å². The van der Waals surface area contributed by atoms with Gasteiger partial charge in [0, 0.05) is 6.07 Å². The van der Waals surface area contributed by atoms with Gasteiger partial charge in [0.05, 0.1) is 30.3 Å². The zero-order chi connectivity index (χ0) is 16.5. The van der Waals surface area contributed by atoms with Crippen LogP contribution in [0.15, 0.2) is 36.1 Å². The largest absolute Gasteiger partial charge is 0.463 e. The fourth-order valence-corrected chi connectivity index (χ4v) is 1.41. The van der Waals surface area contributed by atoms with Crippen LogP contribution in [-0.2, 0) is 19.1 Å². The number of benzene rings is 1. The predicted molar refractivity (Wildman–Crippen MR) is 75.1 cm³/mol. The lowest BCUT2D eigenvalue weighted by Gasteiger charge is -2.09. The lowest BCUT2D eigenvalue weighted by molar-refractivity contribution is -0.384. The third-order valence-corrected chi connectivity index (χ3v) is 2.27. The lowest BCUT2D eigenvalue weighted by atomic mass is 10.3. The molecule has 0 bridgehead atoms. The molecule has 8 nitrogen and oxygen atoms in total. The van der Waals surface area contributed by atoms with Crippen molar-refractivity contribution in [2.24, 2.45) is 0 Å². The van der Waals surface area contributed by atoms with E-state index in [0.29, 0.717) is 0 Å². The van der Waals surface area contributed by atoms with E-state index in [-0.39, 0.29) is 24.7 Å². The Balaban J connectivity index is 3.02. The van der Waals surface area contributed by atoms with E-state index in [9.17, 15) is 19.7 Å². The Morgan fingerprint density at radius 3 is 2.50 bits per heavy atom. The number of nitrogens with zero attached hydrogens (tertiary/aromatic N) is 1. The number of hydrogen-bond acceptors (Lipinski definition) is 7. The molecule has 0 saturated heterocycles. The average molecular weight is 309 g/mol. The Morgan fingerprint density at radius 1 is 1.23 bits per heavy atom. The van der Waals surface area contributed by atoms with Crippen molar-refractivity contribution in [3.63, 3.8) is 0 Å². The van der Waals surface area contributed by atoms with E-state index in [4.69, 9.17) is 9.47 Å². The minimum absolute atomic E-state index is 0.0257. The van der Waals surface area contributed by atoms with Crippen LogP contribution in [0.2, 0.25) is 0 Å². The van der Waals surface area contributed by atoms with Crippen LogP contribution in [0.5, 0.6) is 5.75 Å². The van der Waals surface area contributed by atoms with Crippen molar-refractivity contribution in [2.45, 2.75) is 13.8 Å². The lowest BCUT2D eigenvalue weighted by Crippen LogP contribution is -2.15. The summed E-state index contributed by atoms with van der Waals surface area (Å²) < 4.78 is 14.7. The first-order chi connectivity index (χ1) is 10.5. The topological polar surface area (TPSA) is 105 Å². The fraction of sp³-hybridized carbons (Fsp3) is 0.286. The summed E-state index contributed by atoms with van der Waals surface area (Å²) in [4.78, 5) is 33.3. The van der Waals surface area contributed by atoms with E-state index in [0.717, 1.165) is 12.1 Å². The van der Waals surface area contributed by atoms with Crippen molar-refractivity contribution >= 4 is 17.6 Å². The molecule has 8 heteroatoms. The summed E-state index contributed by atoms with van der Waals surface area (Å²) in [6, 6.07) is 5.19. The van der Waals surface area contributed by atoms with Crippen molar-refractivity contribution < 1.29 is 28.7 Å². The van der Waals surface area contributed by atoms with E-state index >= 15 is 0 Å². The highest BCUT2D eigenvalue weighted by Crippen LogP contribution is 2.21. The number of ether oxygens (including phenoxy) is 3. The second-order valence-corrected chi connectivity index (χ2v) is 3.84. The van der Waals surface area contributed by atoms with Crippen molar-refractivity contribution in [2.75, 3.05) is 13.2 Å². The summed E-state index contributed by atoms with van der Waals surface area (Å²) in [5.74, 6) is -2.04. The van der Waals surface area contributed by atoms with Gasteiger partial charge >= 0.3 is 11.9 Å². The molecule has 22 heavy (non-hydrogen) atoms. The van der Waals surface area contributed by atoms with Crippen LogP contribution in [0.25, 0.3) is 0 Å². The summed E-state index contributed by atoms with van der Waals surface area (Å²) in [6.45, 7) is 3.41. The number of esters is 2. The first-order valence-corrected chi connectivity index (χ1v) is 6.45. The molecule has 0 spiro atoms. The molecule has 0 amide bonds. The van der Waals surface area contributed by atoms with Gasteiger partial charge in [-0.05, 0) is 19.9 Å². The molecule has 1 rings (SSSR count). The summed E-state index contributed by atoms with van der Waals surface area (Å²) >= 11 is 0. The van der Waals surface area contributed by atoms with Crippen LogP contribution in [0.4, 0.5) is 5.69 Å². The third kappa shape index (κ3) is 5.23. The fourth-order valence-electron chi connectivity index (χ4n) is 1.41. The Hall–Kier alpha value is -2.90. The van der Waals surface area contributed by atoms with Crippen LogP contribution in [-0.4, -0.2) is 30.1 Å². The monoisotopic (exact) mass is 309 g/mol. The number of nitro benzene ring substituents is 1. The maximum atomic E-state index is 11.7. The Morgan fingerprint density at radius 2 is 1.91 bits per heavy atom. The predicted octanol–water partition coefficient (Wildman–Crippen LogP) is 1.98. The third-order valence-electron chi connectivity index (χ3n) is 2.27. The first kappa shape index (κ1) is 17.2. The SMILES string of the molecule is CCOC(=O)C=C(Oc1cccc([N+](=O)[O-])c1)C(=O)OCC. The molecule has 0 aliphatic heterocycles. The molecule has 0 saturated carbocycles. The summed E-state index contributed by atoms with van der Waals surface area (Å²) in [5.41, 5.74) is -0.211. The van der Waals surface area contributed by atoms with Gasteiger partial charge in [-0.2, -0.15) is 0 Å². The zero-order valence-corrected chi connectivity index (χ0v) is 12.1. The Bertz CT molecular complexity index is 595.